The highest BCUT2D eigenvalue weighted by molar-refractivity contribution is 5.91. The molecule has 32 heavy (non-hydrogen) atoms. The summed E-state index contributed by atoms with van der Waals surface area (Å²) in [6.07, 6.45) is 6.14. The van der Waals surface area contributed by atoms with Crippen molar-refractivity contribution in [2.75, 3.05) is 0 Å². The molecule has 0 amide bonds. The van der Waals surface area contributed by atoms with E-state index in [0.717, 1.165) is 28.0 Å². The molecule has 0 fully saturated rings. The van der Waals surface area contributed by atoms with Crippen molar-refractivity contribution in [2.24, 2.45) is 5.73 Å². The van der Waals surface area contributed by atoms with Gasteiger partial charge in [-0.1, -0.05) is 42.5 Å². The van der Waals surface area contributed by atoms with E-state index in [1.54, 1.807) is 12.4 Å². The van der Waals surface area contributed by atoms with Crippen molar-refractivity contribution in [2.45, 2.75) is 6.04 Å². The van der Waals surface area contributed by atoms with Crippen LogP contribution < -0.4 is 5.73 Å². The van der Waals surface area contributed by atoms with E-state index in [4.69, 9.17) is 15.8 Å². The molecule has 3 heterocycles. The van der Waals surface area contributed by atoms with Crippen molar-refractivity contribution < 1.29 is 9.90 Å². The van der Waals surface area contributed by atoms with Crippen molar-refractivity contribution in [3.8, 4) is 22.5 Å². The number of pyridine rings is 1. The number of aromatic nitrogens is 5. The third kappa shape index (κ3) is 3.38. The van der Waals surface area contributed by atoms with Crippen molar-refractivity contribution in [3.05, 3.63) is 96.3 Å². The number of H-pyrrole nitrogens is 1. The number of nitrogens with two attached hydrogens (primary N) is 1. The van der Waals surface area contributed by atoms with Gasteiger partial charge in [-0.2, -0.15) is 0 Å². The summed E-state index contributed by atoms with van der Waals surface area (Å²) in [6.45, 7) is 0. The van der Waals surface area contributed by atoms with E-state index in [-0.39, 0.29) is 11.7 Å². The Labute approximate surface area is 182 Å². The molecule has 8 nitrogen and oxygen atoms in total. The molecule has 0 spiro atoms. The summed E-state index contributed by atoms with van der Waals surface area (Å²) >= 11 is 0. The maximum absolute atomic E-state index is 10.1. The Morgan fingerprint density at radius 1 is 0.938 bits per heavy atom. The summed E-state index contributed by atoms with van der Waals surface area (Å²) in [4.78, 5) is 29.4. The van der Waals surface area contributed by atoms with Crippen LogP contribution in [0.3, 0.4) is 0 Å². The number of rotatable bonds is 2. The Morgan fingerprint density at radius 2 is 1.72 bits per heavy atom. The first kappa shape index (κ1) is 19.5. The highest BCUT2D eigenvalue weighted by Gasteiger charge is 2.28. The summed E-state index contributed by atoms with van der Waals surface area (Å²) in [6, 6.07) is 17.8. The molecule has 5 aromatic rings. The van der Waals surface area contributed by atoms with E-state index in [1.807, 2.05) is 18.2 Å². The lowest BCUT2D eigenvalue weighted by Gasteiger charge is -2.08. The second kappa shape index (κ2) is 8.01. The molecule has 1 aliphatic carbocycles. The normalized spacial score (nSPS) is 13.7. The number of benzene rings is 2. The lowest BCUT2D eigenvalue weighted by molar-refractivity contribution is 0.0690. The Morgan fingerprint density at radius 3 is 2.47 bits per heavy atom. The van der Waals surface area contributed by atoms with Crippen LogP contribution in [0.1, 0.15) is 27.7 Å². The molecular weight excluding hydrogens is 404 g/mol. The van der Waals surface area contributed by atoms with Gasteiger partial charge in [0, 0.05) is 18.0 Å². The van der Waals surface area contributed by atoms with Crippen LogP contribution in [0, 0.1) is 0 Å². The standard InChI is InChI=1S/C19H14N4.C5H4N2O2/c20-18-12-5-2-1-4-11(12)17-13(18)6-3-7-14(17)19-22-15-8-9-21-10-16(15)23-19;8-5(9)4-1-2-6-3-7-4/h1-10,18H,20H2,(H,22,23);1-3H,(H,8,9). The summed E-state index contributed by atoms with van der Waals surface area (Å²) in [5.74, 6) is -0.175. The Bertz CT molecular complexity index is 1400. The molecule has 0 radical (unpaired) electrons. The van der Waals surface area contributed by atoms with Gasteiger partial charge in [0.15, 0.2) is 5.69 Å². The molecule has 0 saturated carbocycles. The van der Waals surface area contributed by atoms with Crippen LogP contribution in [-0.4, -0.2) is 36.0 Å². The topological polar surface area (TPSA) is 131 Å². The van der Waals surface area contributed by atoms with Gasteiger partial charge in [0.1, 0.15) is 12.2 Å². The largest absolute Gasteiger partial charge is 0.477 e. The van der Waals surface area contributed by atoms with Crippen LogP contribution in [0.5, 0.6) is 0 Å². The maximum atomic E-state index is 10.1. The lowest BCUT2D eigenvalue weighted by atomic mass is 9.99. The van der Waals surface area contributed by atoms with Gasteiger partial charge in [-0.3, -0.25) is 4.98 Å². The van der Waals surface area contributed by atoms with E-state index < -0.39 is 5.97 Å². The molecule has 0 aliphatic heterocycles. The molecule has 2 aromatic carbocycles. The van der Waals surface area contributed by atoms with Crippen molar-refractivity contribution in [3.63, 3.8) is 0 Å². The number of hydrogen-bond donors (Lipinski definition) is 3. The maximum Gasteiger partial charge on any atom is 0.354 e. The Kier molecular flexibility index (Phi) is 4.89. The quantitative estimate of drug-likeness (QED) is 0.394. The van der Waals surface area contributed by atoms with Crippen LogP contribution in [0.2, 0.25) is 0 Å². The van der Waals surface area contributed by atoms with Gasteiger partial charge in [-0.05, 0) is 34.4 Å². The zero-order valence-corrected chi connectivity index (χ0v) is 16.8. The summed E-state index contributed by atoms with van der Waals surface area (Å²) in [7, 11) is 0. The van der Waals surface area contributed by atoms with E-state index in [1.165, 1.54) is 35.3 Å². The van der Waals surface area contributed by atoms with Crippen molar-refractivity contribution in [1.82, 2.24) is 24.9 Å². The molecule has 1 atom stereocenters. The Hall–Kier alpha value is -4.43. The number of carbonyl (C=O) groups is 1. The molecule has 4 N–H and O–H groups in total. The molecule has 6 rings (SSSR count). The predicted molar refractivity (Wildman–Crippen MR) is 120 cm³/mol. The smallest absolute Gasteiger partial charge is 0.354 e. The predicted octanol–water partition coefficient (Wildman–Crippen LogP) is 3.83. The number of nitrogens with zero attached hydrogens (tertiary/aromatic N) is 4. The van der Waals surface area contributed by atoms with Gasteiger partial charge in [0.2, 0.25) is 0 Å². The summed E-state index contributed by atoms with van der Waals surface area (Å²) in [5, 5.41) is 8.29. The summed E-state index contributed by atoms with van der Waals surface area (Å²) < 4.78 is 0. The molecule has 8 heteroatoms. The highest BCUT2D eigenvalue weighted by atomic mass is 16.4. The number of imidazole rings is 1. The first-order chi connectivity index (χ1) is 15.6. The van der Waals surface area contributed by atoms with Crippen LogP contribution in [0.15, 0.2) is 79.5 Å². The number of aromatic amines is 1. The second-order valence-electron chi connectivity index (χ2n) is 7.21. The molecule has 156 valence electrons. The van der Waals surface area contributed by atoms with Gasteiger partial charge < -0.3 is 15.8 Å². The molecular formula is C24H18N6O2. The minimum absolute atomic E-state index is 0.0185. The van der Waals surface area contributed by atoms with E-state index in [2.05, 4.69) is 50.3 Å². The third-order valence-electron chi connectivity index (χ3n) is 5.34. The van der Waals surface area contributed by atoms with E-state index >= 15 is 0 Å². The van der Waals surface area contributed by atoms with Gasteiger partial charge >= 0.3 is 5.97 Å². The number of nitrogens with one attached hydrogen (secondary N) is 1. The van der Waals surface area contributed by atoms with Crippen molar-refractivity contribution >= 4 is 17.0 Å². The van der Waals surface area contributed by atoms with Gasteiger partial charge in [0.05, 0.1) is 23.3 Å². The first-order valence-electron chi connectivity index (χ1n) is 9.90. The van der Waals surface area contributed by atoms with Crippen LogP contribution in [-0.2, 0) is 0 Å². The molecule has 1 aliphatic rings. The Balaban J connectivity index is 0.000000203. The second-order valence-corrected chi connectivity index (χ2v) is 7.21. The molecule has 0 saturated heterocycles. The number of fused-ring (bicyclic) bond motifs is 4. The van der Waals surface area contributed by atoms with Gasteiger partial charge in [-0.25, -0.2) is 19.7 Å². The van der Waals surface area contributed by atoms with Crippen LogP contribution in [0.25, 0.3) is 33.5 Å². The van der Waals surface area contributed by atoms with Gasteiger partial charge in [0.25, 0.3) is 0 Å². The minimum atomic E-state index is -1.03. The number of aromatic carboxylic acids is 1. The minimum Gasteiger partial charge on any atom is -0.477 e. The van der Waals surface area contributed by atoms with Gasteiger partial charge in [-0.15, -0.1) is 0 Å². The average Bonchev–Trinajstić information content (AvgIpc) is 3.40. The lowest BCUT2D eigenvalue weighted by Crippen LogP contribution is -2.07. The number of hydrogen-bond acceptors (Lipinski definition) is 6. The zero-order valence-electron chi connectivity index (χ0n) is 16.8. The molecule has 3 aromatic heterocycles. The van der Waals surface area contributed by atoms with E-state index in [9.17, 15) is 4.79 Å². The SMILES string of the molecule is NC1c2ccccc2-c2c(-c3nc4ccncc4[nH]3)cccc21.O=C(O)c1ccncn1. The van der Waals surface area contributed by atoms with Crippen LogP contribution in [0.4, 0.5) is 0 Å². The fourth-order valence-electron chi connectivity index (χ4n) is 3.89. The monoisotopic (exact) mass is 422 g/mol. The van der Waals surface area contributed by atoms with Crippen LogP contribution >= 0.6 is 0 Å². The first-order valence-corrected chi connectivity index (χ1v) is 9.90. The number of carboxylic acids is 1. The number of carboxylic acid groups (broad SMARTS) is 1. The molecule has 0 bridgehead atoms. The fourth-order valence-corrected chi connectivity index (χ4v) is 3.89. The highest BCUT2D eigenvalue weighted by Crippen LogP contribution is 2.46. The summed E-state index contributed by atoms with van der Waals surface area (Å²) in [5.41, 5.74) is 14.1. The average molecular weight is 422 g/mol. The fraction of sp³-hybridized carbons (Fsp3) is 0.0417. The van der Waals surface area contributed by atoms with E-state index in [0.29, 0.717) is 0 Å². The molecule has 1 unspecified atom stereocenters. The third-order valence-corrected chi connectivity index (χ3v) is 5.34. The zero-order chi connectivity index (χ0) is 22.1. The van der Waals surface area contributed by atoms with Crippen molar-refractivity contribution in [1.29, 1.82) is 0 Å².